The normalized spacial score (nSPS) is 32.4. The molecule has 18 heavy (non-hydrogen) atoms. The van der Waals surface area contributed by atoms with E-state index in [0.717, 1.165) is 37.0 Å². The number of hydrogen-bond acceptors (Lipinski definition) is 4. The lowest BCUT2D eigenvalue weighted by Gasteiger charge is -2.28. The molecule has 0 saturated carbocycles. The summed E-state index contributed by atoms with van der Waals surface area (Å²) >= 11 is 0. The quantitative estimate of drug-likeness (QED) is 0.489. The van der Waals surface area contributed by atoms with Gasteiger partial charge in [0.1, 0.15) is 12.7 Å². The molecule has 3 rings (SSSR count). The largest absolute Gasteiger partial charge is 0.337 e. The first-order chi connectivity index (χ1) is 8.93. The molecule has 4 heteroatoms. The Morgan fingerprint density at radius 3 is 3.00 bits per heavy atom. The fourth-order valence-corrected chi connectivity index (χ4v) is 2.42. The fourth-order valence-electron chi connectivity index (χ4n) is 2.42. The van der Waals surface area contributed by atoms with Gasteiger partial charge in [0.15, 0.2) is 5.76 Å². The minimum absolute atomic E-state index is 0.0514. The molecular weight excluding hydrogens is 232 g/mol. The number of rotatable bonds is 0. The van der Waals surface area contributed by atoms with Crippen molar-refractivity contribution < 1.29 is 19.6 Å². The highest BCUT2D eigenvalue weighted by atomic mass is 17.2. The summed E-state index contributed by atoms with van der Waals surface area (Å²) in [5.74, 6) is 1.06. The van der Waals surface area contributed by atoms with E-state index in [1.165, 1.54) is 0 Å². The van der Waals surface area contributed by atoms with Crippen molar-refractivity contribution in [3.63, 3.8) is 0 Å². The fraction of sp³-hybridized carbons (Fsp3) is 0.571. The van der Waals surface area contributed by atoms with E-state index in [1.54, 1.807) is 0 Å². The minimum atomic E-state index is -0.0514. The molecule has 1 fully saturated rings. The summed E-state index contributed by atoms with van der Waals surface area (Å²) in [5.41, 5.74) is 1.000. The van der Waals surface area contributed by atoms with E-state index in [2.05, 4.69) is 12.2 Å². The SMILES string of the molecule is C1=CC2OOC3=CCCC=C3COOCC2CC1. The van der Waals surface area contributed by atoms with Crippen LogP contribution in [0.25, 0.3) is 0 Å². The highest BCUT2D eigenvalue weighted by Gasteiger charge is 2.26. The molecule has 0 N–H and O–H groups in total. The molecule has 0 amide bonds. The van der Waals surface area contributed by atoms with Gasteiger partial charge in [0.25, 0.3) is 0 Å². The Morgan fingerprint density at radius 2 is 2.00 bits per heavy atom. The van der Waals surface area contributed by atoms with Gasteiger partial charge in [-0.05, 0) is 31.8 Å². The van der Waals surface area contributed by atoms with Crippen LogP contribution in [0.15, 0.2) is 35.6 Å². The Labute approximate surface area is 107 Å². The zero-order valence-corrected chi connectivity index (χ0v) is 10.3. The van der Waals surface area contributed by atoms with Crippen LogP contribution >= 0.6 is 0 Å². The third kappa shape index (κ3) is 2.66. The first-order valence-electron chi connectivity index (χ1n) is 6.57. The Balaban J connectivity index is 1.73. The lowest BCUT2D eigenvalue weighted by molar-refractivity contribution is -0.334. The summed E-state index contributed by atoms with van der Waals surface area (Å²) in [6.45, 7) is 0.965. The predicted octanol–water partition coefficient (Wildman–Crippen LogP) is 2.84. The standard InChI is InChI=1S/C14H18O4/c1-3-7-13-11(5-1)9-15-16-10-12-6-2-4-8-14(12)18-17-13/h3,6-8,11,13H,1-2,4-5,9-10H2. The molecular formula is C14H18O4. The maximum absolute atomic E-state index is 5.56. The van der Waals surface area contributed by atoms with Gasteiger partial charge in [-0.3, -0.25) is 0 Å². The van der Waals surface area contributed by atoms with Gasteiger partial charge in [0.2, 0.25) is 0 Å². The molecule has 98 valence electrons. The monoisotopic (exact) mass is 250 g/mol. The summed E-state index contributed by atoms with van der Waals surface area (Å²) in [6.07, 6.45) is 12.4. The van der Waals surface area contributed by atoms with E-state index in [0.29, 0.717) is 19.1 Å². The smallest absolute Gasteiger partial charge is 0.166 e. The Morgan fingerprint density at radius 1 is 1.06 bits per heavy atom. The van der Waals surface area contributed by atoms with E-state index < -0.39 is 0 Å². The first-order valence-corrected chi connectivity index (χ1v) is 6.57. The van der Waals surface area contributed by atoms with Crippen LogP contribution in [0.5, 0.6) is 0 Å². The molecule has 1 aliphatic heterocycles. The summed E-state index contributed by atoms with van der Waals surface area (Å²) in [7, 11) is 0. The van der Waals surface area contributed by atoms with Gasteiger partial charge in [-0.25, -0.2) is 9.78 Å². The summed E-state index contributed by atoms with van der Waals surface area (Å²) in [6, 6.07) is 0. The molecule has 2 aliphatic carbocycles. The molecule has 0 bridgehead atoms. The maximum Gasteiger partial charge on any atom is 0.166 e. The zero-order valence-electron chi connectivity index (χ0n) is 10.3. The number of allylic oxidation sites excluding steroid dienone is 3. The van der Waals surface area contributed by atoms with Gasteiger partial charge in [0, 0.05) is 11.5 Å². The lowest BCUT2D eigenvalue weighted by atomic mass is 9.92. The molecule has 0 aromatic carbocycles. The second kappa shape index (κ2) is 5.69. The molecule has 0 spiro atoms. The third-order valence-corrected chi connectivity index (χ3v) is 3.53. The first kappa shape index (κ1) is 12.0. The Kier molecular flexibility index (Phi) is 3.78. The van der Waals surface area contributed by atoms with Gasteiger partial charge in [-0.2, -0.15) is 4.89 Å². The van der Waals surface area contributed by atoms with Crippen molar-refractivity contribution in [3.05, 3.63) is 35.6 Å². The van der Waals surface area contributed by atoms with Crippen molar-refractivity contribution in [2.45, 2.75) is 31.8 Å². The Bertz CT molecular complexity index is 383. The van der Waals surface area contributed by atoms with Crippen LogP contribution in [0, 0.1) is 5.92 Å². The van der Waals surface area contributed by atoms with Crippen LogP contribution in [0.4, 0.5) is 0 Å². The van der Waals surface area contributed by atoms with Crippen molar-refractivity contribution >= 4 is 0 Å². The van der Waals surface area contributed by atoms with Gasteiger partial charge in [-0.1, -0.05) is 18.2 Å². The predicted molar refractivity (Wildman–Crippen MR) is 65.1 cm³/mol. The summed E-state index contributed by atoms with van der Waals surface area (Å²) < 4.78 is 0. The van der Waals surface area contributed by atoms with Crippen LogP contribution in [0.2, 0.25) is 0 Å². The molecule has 1 heterocycles. The Hall–Kier alpha value is -1.10. The molecule has 0 aromatic rings. The molecule has 0 aromatic heterocycles. The lowest BCUT2D eigenvalue weighted by Crippen LogP contribution is -2.30. The summed E-state index contributed by atoms with van der Waals surface area (Å²) in [4.78, 5) is 21.6. The van der Waals surface area contributed by atoms with Crippen LogP contribution in [-0.2, 0) is 19.6 Å². The molecule has 0 radical (unpaired) electrons. The van der Waals surface area contributed by atoms with Crippen molar-refractivity contribution in [1.29, 1.82) is 0 Å². The molecule has 4 nitrogen and oxygen atoms in total. The van der Waals surface area contributed by atoms with Gasteiger partial charge < -0.3 is 4.89 Å². The second-order valence-corrected chi connectivity index (χ2v) is 4.83. The van der Waals surface area contributed by atoms with E-state index in [9.17, 15) is 0 Å². The second-order valence-electron chi connectivity index (χ2n) is 4.83. The van der Waals surface area contributed by atoms with Crippen LogP contribution < -0.4 is 0 Å². The minimum Gasteiger partial charge on any atom is -0.337 e. The van der Waals surface area contributed by atoms with Crippen LogP contribution in [0.1, 0.15) is 25.7 Å². The van der Waals surface area contributed by atoms with Gasteiger partial charge >= 0.3 is 0 Å². The zero-order chi connectivity index (χ0) is 12.2. The maximum atomic E-state index is 5.56. The van der Waals surface area contributed by atoms with Gasteiger partial charge in [-0.15, -0.1) is 0 Å². The van der Waals surface area contributed by atoms with Crippen molar-refractivity contribution in [3.8, 4) is 0 Å². The van der Waals surface area contributed by atoms with Crippen molar-refractivity contribution in [2.75, 3.05) is 13.2 Å². The number of hydrogen-bond donors (Lipinski definition) is 0. The third-order valence-electron chi connectivity index (χ3n) is 3.53. The van der Waals surface area contributed by atoms with Crippen LogP contribution in [0.3, 0.4) is 0 Å². The van der Waals surface area contributed by atoms with Crippen molar-refractivity contribution in [2.24, 2.45) is 5.92 Å². The van der Waals surface area contributed by atoms with E-state index >= 15 is 0 Å². The van der Waals surface area contributed by atoms with E-state index in [-0.39, 0.29) is 6.10 Å². The average molecular weight is 250 g/mol. The highest BCUT2D eigenvalue weighted by Crippen LogP contribution is 2.27. The topological polar surface area (TPSA) is 36.9 Å². The highest BCUT2D eigenvalue weighted by molar-refractivity contribution is 5.29. The molecule has 3 aliphatic rings. The number of fused-ring (bicyclic) bond motifs is 2. The molecule has 1 saturated heterocycles. The van der Waals surface area contributed by atoms with Crippen molar-refractivity contribution in [1.82, 2.24) is 0 Å². The molecule has 2 unspecified atom stereocenters. The van der Waals surface area contributed by atoms with Gasteiger partial charge in [0.05, 0.1) is 6.61 Å². The average Bonchev–Trinajstić information content (AvgIpc) is 2.44. The molecule has 2 atom stereocenters. The summed E-state index contributed by atoms with van der Waals surface area (Å²) in [5, 5.41) is 0. The van der Waals surface area contributed by atoms with E-state index in [4.69, 9.17) is 19.6 Å². The van der Waals surface area contributed by atoms with E-state index in [1.807, 2.05) is 12.2 Å². The van der Waals surface area contributed by atoms with Crippen LogP contribution in [-0.4, -0.2) is 19.3 Å².